The van der Waals surface area contributed by atoms with Crippen LogP contribution in [0, 0.1) is 5.82 Å². The number of benzene rings is 1. The fourth-order valence-electron chi connectivity index (χ4n) is 1.97. The molecule has 0 aliphatic carbocycles. The predicted molar refractivity (Wildman–Crippen MR) is 86.4 cm³/mol. The van der Waals surface area contributed by atoms with Crippen molar-refractivity contribution in [2.75, 3.05) is 0 Å². The summed E-state index contributed by atoms with van der Waals surface area (Å²) in [5.74, 6) is -3.86. The third kappa shape index (κ3) is 5.42. The number of halogens is 3. The SMILES string of the molecule is NC=Cc1nc(C(=O)O)cc(C(=O)NCc2ccc(F)c(OC(F)F)c2)n1. The first-order valence-electron chi connectivity index (χ1n) is 7.32. The predicted octanol–water partition coefficient (Wildman–Crippen LogP) is 1.77. The Labute approximate surface area is 150 Å². The number of hydrogen-bond donors (Lipinski definition) is 3. The Kier molecular flexibility index (Phi) is 6.31. The monoisotopic (exact) mass is 382 g/mol. The zero-order chi connectivity index (χ0) is 20.0. The number of nitrogens with two attached hydrogens (primary N) is 1. The maximum atomic E-state index is 13.4. The van der Waals surface area contributed by atoms with E-state index in [0.29, 0.717) is 0 Å². The van der Waals surface area contributed by atoms with Gasteiger partial charge in [0.1, 0.15) is 5.69 Å². The van der Waals surface area contributed by atoms with Gasteiger partial charge in [0.2, 0.25) is 0 Å². The summed E-state index contributed by atoms with van der Waals surface area (Å²) in [6, 6.07) is 4.14. The molecule has 4 N–H and O–H groups in total. The molecule has 8 nitrogen and oxygen atoms in total. The topological polar surface area (TPSA) is 127 Å². The molecule has 0 saturated carbocycles. The van der Waals surface area contributed by atoms with Crippen LogP contribution in [0.2, 0.25) is 0 Å². The summed E-state index contributed by atoms with van der Waals surface area (Å²) in [5, 5.41) is 11.4. The zero-order valence-corrected chi connectivity index (χ0v) is 13.5. The van der Waals surface area contributed by atoms with Crippen molar-refractivity contribution in [1.82, 2.24) is 15.3 Å². The molecule has 0 spiro atoms. The molecular weight excluding hydrogens is 369 g/mol. The first-order chi connectivity index (χ1) is 12.8. The molecule has 0 aliphatic rings. The molecule has 27 heavy (non-hydrogen) atoms. The first-order valence-corrected chi connectivity index (χ1v) is 7.32. The van der Waals surface area contributed by atoms with Gasteiger partial charge in [0.15, 0.2) is 23.1 Å². The van der Waals surface area contributed by atoms with Crippen LogP contribution < -0.4 is 15.8 Å². The van der Waals surface area contributed by atoms with Crippen LogP contribution in [0.15, 0.2) is 30.5 Å². The van der Waals surface area contributed by atoms with Gasteiger partial charge < -0.3 is 20.9 Å². The second kappa shape index (κ2) is 8.65. The number of nitrogens with zero attached hydrogens (tertiary/aromatic N) is 2. The van der Waals surface area contributed by atoms with Gasteiger partial charge in [-0.25, -0.2) is 19.2 Å². The normalized spacial score (nSPS) is 11.0. The zero-order valence-electron chi connectivity index (χ0n) is 13.5. The molecule has 0 unspecified atom stereocenters. The molecule has 142 valence electrons. The third-order valence-corrected chi connectivity index (χ3v) is 3.11. The molecule has 1 aromatic carbocycles. The fraction of sp³-hybridized carbons (Fsp3) is 0.125. The Morgan fingerprint density at radius 1 is 1.26 bits per heavy atom. The number of carboxylic acids is 1. The Morgan fingerprint density at radius 2 is 1.96 bits per heavy atom. The second-order valence-electron chi connectivity index (χ2n) is 4.99. The maximum Gasteiger partial charge on any atom is 0.387 e. The highest BCUT2D eigenvalue weighted by Crippen LogP contribution is 2.21. The van der Waals surface area contributed by atoms with Crippen LogP contribution in [0.3, 0.4) is 0 Å². The summed E-state index contributed by atoms with van der Waals surface area (Å²) in [6.07, 6.45) is 2.28. The maximum absolute atomic E-state index is 13.4. The molecule has 0 radical (unpaired) electrons. The lowest BCUT2D eigenvalue weighted by atomic mass is 10.2. The lowest BCUT2D eigenvalue weighted by Crippen LogP contribution is -2.25. The van der Waals surface area contributed by atoms with E-state index in [4.69, 9.17) is 10.8 Å². The fourth-order valence-corrected chi connectivity index (χ4v) is 1.97. The highest BCUT2D eigenvalue weighted by molar-refractivity contribution is 5.95. The van der Waals surface area contributed by atoms with Crippen molar-refractivity contribution in [2.24, 2.45) is 5.73 Å². The smallest absolute Gasteiger partial charge is 0.387 e. The number of carbonyl (C=O) groups excluding carboxylic acids is 1. The summed E-state index contributed by atoms with van der Waals surface area (Å²) in [5.41, 5.74) is 4.81. The largest absolute Gasteiger partial charge is 0.477 e. The Bertz CT molecular complexity index is 890. The number of alkyl halides is 2. The van der Waals surface area contributed by atoms with Crippen LogP contribution in [-0.2, 0) is 6.54 Å². The molecule has 1 aromatic heterocycles. The van der Waals surface area contributed by atoms with Crippen molar-refractivity contribution >= 4 is 18.0 Å². The van der Waals surface area contributed by atoms with Crippen LogP contribution in [-0.4, -0.2) is 33.6 Å². The molecule has 0 atom stereocenters. The first kappa shape index (κ1) is 19.7. The minimum absolute atomic E-state index is 0.0862. The van der Waals surface area contributed by atoms with Crippen molar-refractivity contribution in [3.8, 4) is 5.75 Å². The average Bonchev–Trinajstić information content (AvgIpc) is 2.61. The van der Waals surface area contributed by atoms with E-state index in [9.17, 15) is 22.8 Å². The molecule has 1 amide bonds. The van der Waals surface area contributed by atoms with Gasteiger partial charge in [0.05, 0.1) is 0 Å². The van der Waals surface area contributed by atoms with Gasteiger partial charge in [-0.15, -0.1) is 0 Å². The minimum Gasteiger partial charge on any atom is -0.477 e. The van der Waals surface area contributed by atoms with E-state index in [1.807, 2.05) is 0 Å². The van der Waals surface area contributed by atoms with Crippen molar-refractivity contribution in [1.29, 1.82) is 0 Å². The van der Waals surface area contributed by atoms with Gasteiger partial charge >= 0.3 is 12.6 Å². The number of rotatable bonds is 7. The Hall–Kier alpha value is -3.63. The van der Waals surface area contributed by atoms with E-state index in [2.05, 4.69) is 20.0 Å². The van der Waals surface area contributed by atoms with Crippen molar-refractivity contribution < 1.29 is 32.6 Å². The molecular formula is C16H13F3N4O4. The Morgan fingerprint density at radius 3 is 2.59 bits per heavy atom. The van der Waals surface area contributed by atoms with E-state index in [1.165, 1.54) is 12.1 Å². The lowest BCUT2D eigenvalue weighted by Gasteiger charge is -2.09. The van der Waals surface area contributed by atoms with Crippen LogP contribution in [0.5, 0.6) is 5.75 Å². The van der Waals surface area contributed by atoms with Gasteiger partial charge in [0.25, 0.3) is 5.91 Å². The summed E-state index contributed by atoms with van der Waals surface area (Å²) in [6.45, 7) is -3.37. The number of nitrogens with one attached hydrogen (secondary N) is 1. The van der Waals surface area contributed by atoms with E-state index < -0.39 is 35.7 Å². The third-order valence-electron chi connectivity index (χ3n) is 3.11. The number of amides is 1. The number of ether oxygens (including phenoxy) is 1. The van der Waals surface area contributed by atoms with Crippen LogP contribution in [0.25, 0.3) is 6.08 Å². The molecule has 0 fully saturated rings. The highest BCUT2D eigenvalue weighted by atomic mass is 19.3. The van der Waals surface area contributed by atoms with Gasteiger partial charge in [-0.1, -0.05) is 6.07 Å². The van der Waals surface area contributed by atoms with Gasteiger partial charge in [-0.2, -0.15) is 8.78 Å². The van der Waals surface area contributed by atoms with Crippen LogP contribution in [0.4, 0.5) is 13.2 Å². The van der Waals surface area contributed by atoms with Crippen molar-refractivity contribution in [3.05, 3.63) is 59.1 Å². The van der Waals surface area contributed by atoms with Gasteiger partial charge in [-0.05, 0) is 30.0 Å². The average molecular weight is 382 g/mol. The van der Waals surface area contributed by atoms with Gasteiger partial charge in [-0.3, -0.25) is 4.79 Å². The number of aromatic carboxylic acids is 1. The van der Waals surface area contributed by atoms with E-state index >= 15 is 0 Å². The van der Waals surface area contributed by atoms with E-state index in [-0.39, 0.29) is 23.6 Å². The summed E-state index contributed by atoms with van der Waals surface area (Å²) in [4.78, 5) is 30.8. The molecule has 2 aromatic rings. The number of aromatic nitrogens is 2. The molecule has 0 saturated heterocycles. The summed E-state index contributed by atoms with van der Waals surface area (Å²) < 4.78 is 41.9. The van der Waals surface area contributed by atoms with Crippen LogP contribution in [0.1, 0.15) is 32.4 Å². The molecule has 2 rings (SSSR count). The standard InChI is InChI=1S/C16H13F3N4O4/c17-9-2-1-8(5-12(9)27-16(18)19)7-21-14(24)10-6-11(15(25)26)23-13(22-10)3-4-20/h1-6,16H,7,20H2,(H,21,24)(H,25,26). The molecule has 1 heterocycles. The summed E-state index contributed by atoms with van der Waals surface area (Å²) >= 11 is 0. The van der Waals surface area contributed by atoms with E-state index in [1.54, 1.807) is 0 Å². The minimum atomic E-state index is -3.20. The molecule has 0 aliphatic heterocycles. The molecule has 11 heteroatoms. The number of carboxylic acid groups (broad SMARTS) is 1. The highest BCUT2D eigenvalue weighted by Gasteiger charge is 2.15. The second-order valence-corrected chi connectivity index (χ2v) is 4.99. The van der Waals surface area contributed by atoms with E-state index in [0.717, 1.165) is 24.4 Å². The van der Waals surface area contributed by atoms with Gasteiger partial charge in [0, 0.05) is 12.6 Å². The van der Waals surface area contributed by atoms with Crippen molar-refractivity contribution in [2.45, 2.75) is 13.2 Å². The van der Waals surface area contributed by atoms with Crippen molar-refractivity contribution in [3.63, 3.8) is 0 Å². The lowest BCUT2D eigenvalue weighted by molar-refractivity contribution is -0.0522. The Balaban J connectivity index is 2.17. The number of hydrogen-bond acceptors (Lipinski definition) is 6. The molecule has 0 bridgehead atoms. The number of carbonyl (C=O) groups is 2. The quantitative estimate of drug-likeness (QED) is 0.666. The summed E-state index contributed by atoms with van der Waals surface area (Å²) in [7, 11) is 0. The van der Waals surface area contributed by atoms with Crippen LogP contribution >= 0.6 is 0 Å².